The van der Waals surface area contributed by atoms with E-state index in [4.69, 9.17) is 4.98 Å². The van der Waals surface area contributed by atoms with Crippen LogP contribution in [0.5, 0.6) is 0 Å². The number of aryl methyl sites for hydroxylation is 4. The van der Waals surface area contributed by atoms with Gasteiger partial charge in [0, 0.05) is 19.2 Å². The summed E-state index contributed by atoms with van der Waals surface area (Å²) in [6, 6.07) is 10.9. The molecule has 210 valence electrons. The molecule has 0 bridgehead atoms. The molecule has 0 aliphatic rings. The maximum Gasteiger partial charge on any atom is 0.108 e. The van der Waals surface area contributed by atoms with Gasteiger partial charge in [-0.05, 0) is 37.7 Å². The van der Waals surface area contributed by atoms with Crippen LogP contribution in [0.15, 0.2) is 36.5 Å². The number of rotatable bonds is 25. The maximum atomic E-state index is 5.13. The van der Waals surface area contributed by atoms with Gasteiger partial charge in [0.2, 0.25) is 0 Å². The predicted octanol–water partition coefficient (Wildman–Crippen LogP) is 11.1. The van der Waals surface area contributed by atoms with Crippen LogP contribution in [0.1, 0.15) is 159 Å². The molecule has 2 rings (SSSR count). The highest BCUT2D eigenvalue weighted by Crippen LogP contribution is 2.16. The van der Waals surface area contributed by atoms with Crippen molar-refractivity contribution in [2.45, 2.75) is 168 Å². The first-order valence-electron chi connectivity index (χ1n) is 16.4. The zero-order valence-electron chi connectivity index (χ0n) is 24.8. The minimum Gasteiger partial charge on any atom is -0.335 e. The van der Waals surface area contributed by atoms with Crippen LogP contribution < -0.4 is 0 Å². The number of hydrogen-bond donors (Lipinski definition) is 0. The van der Waals surface area contributed by atoms with Gasteiger partial charge >= 0.3 is 0 Å². The van der Waals surface area contributed by atoms with Crippen LogP contribution in [0.4, 0.5) is 0 Å². The van der Waals surface area contributed by atoms with E-state index in [9.17, 15) is 0 Å². The molecule has 2 heteroatoms. The van der Waals surface area contributed by atoms with Gasteiger partial charge in [0.25, 0.3) is 0 Å². The fraction of sp³-hybridized carbons (Fsp3) is 0.743. The molecule has 2 nitrogen and oxygen atoms in total. The summed E-state index contributed by atoms with van der Waals surface area (Å²) < 4.78 is 2.52. The van der Waals surface area contributed by atoms with Crippen molar-refractivity contribution in [2.24, 2.45) is 0 Å². The molecule has 0 atom stereocenters. The Kier molecular flexibility index (Phi) is 19.2. The van der Waals surface area contributed by atoms with Crippen LogP contribution in [0.2, 0.25) is 0 Å². The molecule has 0 radical (unpaired) electrons. The Labute approximate surface area is 231 Å². The van der Waals surface area contributed by atoms with Gasteiger partial charge in [0.05, 0.1) is 5.69 Å². The summed E-state index contributed by atoms with van der Waals surface area (Å²) in [5, 5.41) is 0. The molecule has 1 heterocycles. The normalized spacial score (nSPS) is 11.4. The van der Waals surface area contributed by atoms with Crippen molar-refractivity contribution >= 4 is 0 Å². The second kappa shape index (κ2) is 22.4. The fourth-order valence-corrected chi connectivity index (χ4v) is 5.51. The van der Waals surface area contributed by atoms with Gasteiger partial charge < -0.3 is 4.57 Å². The van der Waals surface area contributed by atoms with Gasteiger partial charge in [-0.3, -0.25) is 0 Å². The van der Waals surface area contributed by atoms with Crippen molar-refractivity contribution in [2.75, 3.05) is 0 Å². The minimum atomic E-state index is 1.10. The molecule has 37 heavy (non-hydrogen) atoms. The Hall–Kier alpha value is -1.57. The minimum absolute atomic E-state index is 1.10. The van der Waals surface area contributed by atoms with Crippen molar-refractivity contribution in [3.63, 3.8) is 0 Å². The summed E-state index contributed by atoms with van der Waals surface area (Å²) in [7, 11) is 0. The van der Waals surface area contributed by atoms with Crippen LogP contribution in [0.25, 0.3) is 0 Å². The summed E-state index contributed by atoms with van der Waals surface area (Å²) in [6.45, 7) is 5.76. The SMILES string of the molecule is CCCCCCCCCCCCCCc1nc(CCCc2ccccc2)cn1CCCCCCCCC. The van der Waals surface area contributed by atoms with Gasteiger partial charge in [-0.1, -0.05) is 153 Å². The summed E-state index contributed by atoms with van der Waals surface area (Å²) in [4.78, 5) is 5.13. The zero-order chi connectivity index (χ0) is 26.2. The standard InChI is InChI=1S/C35H60N2/c1-3-5-7-9-11-12-13-14-15-16-18-23-30-35-36-34(29-25-28-33-26-21-20-22-27-33)32-37(35)31-24-19-17-10-8-6-4-2/h20-22,26-27,32H,3-19,23-25,28-31H2,1-2H3. The topological polar surface area (TPSA) is 17.8 Å². The molecule has 0 saturated heterocycles. The molecule has 0 N–H and O–H groups in total. The second-order valence-electron chi connectivity index (χ2n) is 11.4. The van der Waals surface area contributed by atoms with Crippen molar-refractivity contribution in [1.29, 1.82) is 0 Å². The molecular formula is C35H60N2. The average Bonchev–Trinajstić information content (AvgIpc) is 3.30. The molecule has 0 fully saturated rings. The average molecular weight is 509 g/mol. The Morgan fingerprint density at radius 2 is 1.03 bits per heavy atom. The third-order valence-electron chi connectivity index (χ3n) is 7.91. The van der Waals surface area contributed by atoms with Crippen LogP contribution in [0, 0.1) is 0 Å². The lowest BCUT2D eigenvalue weighted by molar-refractivity contribution is 0.526. The first-order chi connectivity index (χ1) is 18.3. The van der Waals surface area contributed by atoms with Crippen LogP contribution in [0.3, 0.4) is 0 Å². The van der Waals surface area contributed by atoms with Gasteiger partial charge in [-0.2, -0.15) is 0 Å². The van der Waals surface area contributed by atoms with E-state index >= 15 is 0 Å². The van der Waals surface area contributed by atoms with E-state index in [-0.39, 0.29) is 0 Å². The second-order valence-corrected chi connectivity index (χ2v) is 11.4. The molecule has 0 saturated carbocycles. The highest BCUT2D eigenvalue weighted by atomic mass is 15.1. The van der Waals surface area contributed by atoms with E-state index < -0.39 is 0 Å². The van der Waals surface area contributed by atoms with Crippen LogP contribution >= 0.6 is 0 Å². The molecule has 1 aromatic heterocycles. The molecule has 0 unspecified atom stereocenters. The third-order valence-corrected chi connectivity index (χ3v) is 7.91. The van der Waals surface area contributed by atoms with E-state index in [1.807, 2.05) is 0 Å². The maximum absolute atomic E-state index is 5.13. The molecule has 0 amide bonds. The fourth-order valence-electron chi connectivity index (χ4n) is 5.51. The summed E-state index contributed by atoms with van der Waals surface area (Å²) in [5.74, 6) is 1.35. The van der Waals surface area contributed by atoms with Crippen molar-refractivity contribution in [3.8, 4) is 0 Å². The smallest absolute Gasteiger partial charge is 0.108 e. The van der Waals surface area contributed by atoms with Crippen molar-refractivity contribution in [1.82, 2.24) is 9.55 Å². The lowest BCUT2D eigenvalue weighted by Crippen LogP contribution is -2.03. The quantitative estimate of drug-likeness (QED) is 0.122. The first-order valence-corrected chi connectivity index (χ1v) is 16.4. The van der Waals surface area contributed by atoms with E-state index in [1.54, 1.807) is 0 Å². The van der Waals surface area contributed by atoms with Gasteiger partial charge in [-0.15, -0.1) is 0 Å². The zero-order valence-corrected chi connectivity index (χ0v) is 24.8. The lowest BCUT2D eigenvalue weighted by atomic mass is 10.0. The molecule has 1 aromatic carbocycles. The monoisotopic (exact) mass is 508 g/mol. The molecule has 0 aliphatic heterocycles. The highest BCUT2D eigenvalue weighted by molar-refractivity contribution is 5.15. The molecule has 0 aliphatic carbocycles. The number of nitrogens with zero attached hydrogens (tertiary/aromatic N) is 2. The molecule has 2 aromatic rings. The number of benzene rings is 1. The summed E-state index contributed by atoms with van der Waals surface area (Å²) >= 11 is 0. The van der Waals surface area contributed by atoms with E-state index in [2.05, 4.69) is 54.9 Å². The number of imidazole rings is 1. The van der Waals surface area contributed by atoms with Gasteiger partial charge in [0.15, 0.2) is 0 Å². The predicted molar refractivity (Wildman–Crippen MR) is 163 cm³/mol. The Morgan fingerprint density at radius 3 is 1.59 bits per heavy atom. The summed E-state index contributed by atoms with van der Waals surface area (Å²) in [5.41, 5.74) is 2.76. The van der Waals surface area contributed by atoms with Crippen molar-refractivity contribution < 1.29 is 0 Å². The first kappa shape index (κ1) is 31.6. The van der Waals surface area contributed by atoms with E-state index in [0.29, 0.717) is 0 Å². The number of hydrogen-bond acceptors (Lipinski definition) is 1. The highest BCUT2D eigenvalue weighted by Gasteiger charge is 2.08. The Balaban J connectivity index is 1.67. The number of aromatic nitrogens is 2. The van der Waals surface area contributed by atoms with Crippen LogP contribution in [-0.2, 0) is 25.8 Å². The Morgan fingerprint density at radius 1 is 0.514 bits per heavy atom. The Bertz CT molecular complexity index is 748. The largest absolute Gasteiger partial charge is 0.335 e. The van der Waals surface area contributed by atoms with Gasteiger partial charge in [0.1, 0.15) is 5.82 Å². The van der Waals surface area contributed by atoms with E-state index in [1.165, 1.54) is 145 Å². The third kappa shape index (κ3) is 16.1. The van der Waals surface area contributed by atoms with Crippen molar-refractivity contribution in [3.05, 3.63) is 53.6 Å². The lowest BCUT2D eigenvalue weighted by Gasteiger charge is -2.08. The van der Waals surface area contributed by atoms with E-state index in [0.717, 1.165) is 25.8 Å². The number of unbranched alkanes of at least 4 members (excludes halogenated alkanes) is 17. The van der Waals surface area contributed by atoms with Crippen LogP contribution in [-0.4, -0.2) is 9.55 Å². The van der Waals surface area contributed by atoms with Gasteiger partial charge in [-0.25, -0.2) is 4.98 Å². The molecular weight excluding hydrogens is 448 g/mol. The molecule has 0 spiro atoms. The summed E-state index contributed by atoms with van der Waals surface area (Å²) in [6.07, 6.45) is 33.6.